The van der Waals surface area contributed by atoms with E-state index < -0.39 is 18.0 Å². The van der Waals surface area contributed by atoms with E-state index in [-0.39, 0.29) is 11.1 Å². The minimum atomic E-state index is -1.10. The van der Waals surface area contributed by atoms with Crippen molar-refractivity contribution in [1.29, 1.82) is 0 Å². The molecule has 30 heavy (non-hydrogen) atoms. The van der Waals surface area contributed by atoms with Crippen molar-refractivity contribution in [2.75, 3.05) is 14.2 Å². The van der Waals surface area contributed by atoms with Gasteiger partial charge in [-0.25, -0.2) is 9.59 Å². The highest BCUT2D eigenvalue weighted by Gasteiger charge is 2.20. The molecular formula is C24H22O6. The number of carbonyl (C=O) groups is 2. The summed E-state index contributed by atoms with van der Waals surface area (Å²) in [6.07, 6.45) is -0.119. The van der Waals surface area contributed by atoms with Gasteiger partial charge in [0, 0.05) is 6.42 Å². The summed E-state index contributed by atoms with van der Waals surface area (Å²) in [5.74, 6) is -0.258. The number of hydrogen-bond acceptors (Lipinski definition) is 5. The molecule has 3 aromatic carbocycles. The standard InChI is InChI=1S/C24H22O6/c1-28-20-10-6-16(7-11-20)14-22(17-8-12-21(29-2)13-9-17)30-24(27)19-5-3-4-18(15-19)23(25)26/h3-13,15,22H,14H2,1-2H3,(H,25,26). The fourth-order valence-corrected chi connectivity index (χ4v) is 3.00. The Morgan fingerprint density at radius 1 is 0.833 bits per heavy atom. The second-order valence-corrected chi connectivity index (χ2v) is 6.61. The highest BCUT2D eigenvalue weighted by Crippen LogP contribution is 2.27. The Balaban J connectivity index is 1.86. The zero-order valence-corrected chi connectivity index (χ0v) is 16.7. The number of esters is 1. The van der Waals surface area contributed by atoms with Gasteiger partial charge >= 0.3 is 11.9 Å². The molecule has 3 aromatic rings. The lowest BCUT2D eigenvalue weighted by molar-refractivity contribution is 0.0297. The van der Waals surface area contributed by atoms with Crippen LogP contribution in [0.25, 0.3) is 0 Å². The third-order valence-corrected chi connectivity index (χ3v) is 4.66. The molecule has 6 nitrogen and oxygen atoms in total. The van der Waals surface area contributed by atoms with Gasteiger partial charge in [-0.15, -0.1) is 0 Å². The summed E-state index contributed by atoms with van der Waals surface area (Å²) in [5, 5.41) is 9.16. The summed E-state index contributed by atoms with van der Waals surface area (Å²) in [6.45, 7) is 0. The first-order valence-electron chi connectivity index (χ1n) is 9.31. The predicted octanol–water partition coefficient (Wildman–Crippen LogP) is 4.54. The zero-order valence-electron chi connectivity index (χ0n) is 16.7. The number of hydrogen-bond donors (Lipinski definition) is 1. The molecule has 0 radical (unpaired) electrons. The van der Waals surface area contributed by atoms with Crippen molar-refractivity contribution in [3.05, 3.63) is 95.1 Å². The molecule has 0 aliphatic rings. The molecule has 3 rings (SSSR count). The van der Waals surface area contributed by atoms with Gasteiger partial charge in [0.25, 0.3) is 0 Å². The molecule has 0 amide bonds. The Bertz CT molecular complexity index is 1010. The topological polar surface area (TPSA) is 82.1 Å². The molecule has 0 saturated carbocycles. The SMILES string of the molecule is COc1ccc(CC(OC(=O)c2cccc(C(=O)O)c2)c2ccc(OC)cc2)cc1. The summed E-state index contributed by atoms with van der Waals surface area (Å²) >= 11 is 0. The molecule has 0 saturated heterocycles. The summed E-state index contributed by atoms with van der Waals surface area (Å²) in [7, 11) is 3.18. The maximum atomic E-state index is 12.8. The van der Waals surface area contributed by atoms with Gasteiger partial charge in [0.2, 0.25) is 0 Å². The third-order valence-electron chi connectivity index (χ3n) is 4.66. The molecule has 0 spiro atoms. The average Bonchev–Trinajstić information content (AvgIpc) is 2.79. The second-order valence-electron chi connectivity index (χ2n) is 6.61. The Morgan fingerprint density at radius 2 is 1.40 bits per heavy atom. The number of aromatic carboxylic acids is 1. The number of methoxy groups -OCH3 is 2. The van der Waals surface area contributed by atoms with Crippen LogP contribution in [0.15, 0.2) is 72.8 Å². The average molecular weight is 406 g/mol. The molecule has 0 aliphatic carbocycles. The Hall–Kier alpha value is -3.80. The molecule has 0 heterocycles. The van der Waals surface area contributed by atoms with Crippen molar-refractivity contribution in [3.8, 4) is 11.5 Å². The first kappa shape index (κ1) is 20.9. The molecule has 0 fully saturated rings. The number of carboxylic acids is 1. The van der Waals surface area contributed by atoms with Crippen LogP contribution >= 0.6 is 0 Å². The maximum Gasteiger partial charge on any atom is 0.338 e. The monoisotopic (exact) mass is 406 g/mol. The molecule has 0 bridgehead atoms. The highest BCUT2D eigenvalue weighted by atomic mass is 16.5. The van der Waals surface area contributed by atoms with Gasteiger partial charge in [0.1, 0.15) is 17.6 Å². The van der Waals surface area contributed by atoms with E-state index in [1.807, 2.05) is 36.4 Å². The molecule has 6 heteroatoms. The van der Waals surface area contributed by atoms with Gasteiger partial charge in [-0.1, -0.05) is 30.3 Å². The summed E-state index contributed by atoms with van der Waals surface area (Å²) in [5.41, 5.74) is 1.97. The summed E-state index contributed by atoms with van der Waals surface area (Å²) in [6, 6.07) is 20.6. The van der Waals surface area contributed by atoms with Crippen LogP contribution in [0.5, 0.6) is 11.5 Å². The van der Waals surface area contributed by atoms with Crippen LogP contribution in [0.2, 0.25) is 0 Å². The van der Waals surface area contributed by atoms with E-state index in [1.54, 1.807) is 26.4 Å². The minimum absolute atomic E-state index is 0.0283. The Labute approximate surface area is 174 Å². The molecular weight excluding hydrogens is 384 g/mol. The zero-order chi connectivity index (χ0) is 21.5. The van der Waals surface area contributed by atoms with Gasteiger partial charge in [-0.3, -0.25) is 0 Å². The van der Waals surface area contributed by atoms with E-state index in [0.29, 0.717) is 12.2 Å². The second kappa shape index (κ2) is 9.60. The smallest absolute Gasteiger partial charge is 0.338 e. The molecule has 1 unspecified atom stereocenters. The van der Waals surface area contributed by atoms with Gasteiger partial charge in [0.15, 0.2) is 0 Å². The lowest BCUT2D eigenvalue weighted by atomic mass is 10.0. The molecule has 0 aliphatic heterocycles. The van der Waals surface area contributed by atoms with Crippen molar-refractivity contribution in [2.24, 2.45) is 0 Å². The first-order valence-corrected chi connectivity index (χ1v) is 9.31. The lowest BCUT2D eigenvalue weighted by Gasteiger charge is -2.19. The van der Waals surface area contributed by atoms with Crippen LogP contribution in [0.4, 0.5) is 0 Å². The van der Waals surface area contributed by atoms with E-state index in [4.69, 9.17) is 19.3 Å². The van der Waals surface area contributed by atoms with Crippen molar-refractivity contribution >= 4 is 11.9 Å². The largest absolute Gasteiger partial charge is 0.497 e. The van der Waals surface area contributed by atoms with E-state index >= 15 is 0 Å². The van der Waals surface area contributed by atoms with Crippen molar-refractivity contribution in [2.45, 2.75) is 12.5 Å². The summed E-state index contributed by atoms with van der Waals surface area (Å²) in [4.78, 5) is 24.0. The molecule has 1 atom stereocenters. The van der Waals surface area contributed by atoms with Crippen LogP contribution in [0.3, 0.4) is 0 Å². The van der Waals surface area contributed by atoms with Gasteiger partial charge in [-0.05, 0) is 53.6 Å². The quantitative estimate of drug-likeness (QED) is 0.553. The van der Waals surface area contributed by atoms with E-state index in [9.17, 15) is 9.59 Å². The predicted molar refractivity (Wildman–Crippen MR) is 111 cm³/mol. The normalized spacial score (nSPS) is 11.4. The number of carboxylic acid groups (broad SMARTS) is 1. The van der Waals surface area contributed by atoms with Crippen LogP contribution in [0.1, 0.15) is 37.9 Å². The van der Waals surface area contributed by atoms with Crippen LogP contribution in [-0.2, 0) is 11.2 Å². The maximum absolute atomic E-state index is 12.8. The lowest BCUT2D eigenvalue weighted by Crippen LogP contribution is -2.14. The highest BCUT2D eigenvalue weighted by molar-refractivity contribution is 5.94. The fourth-order valence-electron chi connectivity index (χ4n) is 3.00. The number of benzene rings is 3. The first-order chi connectivity index (χ1) is 14.5. The minimum Gasteiger partial charge on any atom is -0.497 e. The van der Waals surface area contributed by atoms with Crippen molar-refractivity contribution < 1.29 is 28.9 Å². The Kier molecular flexibility index (Phi) is 6.70. The molecule has 0 aromatic heterocycles. The van der Waals surface area contributed by atoms with Crippen molar-refractivity contribution in [1.82, 2.24) is 0 Å². The van der Waals surface area contributed by atoms with Crippen LogP contribution in [0, 0.1) is 0 Å². The fraction of sp³-hybridized carbons (Fsp3) is 0.167. The number of carbonyl (C=O) groups excluding carboxylic acids is 1. The van der Waals surface area contributed by atoms with Crippen LogP contribution in [-0.4, -0.2) is 31.3 Å². The van der Waals surface area contributed by atoms with Crippen molar-refractivity contribution in [3.63, 3.8) is 0 Å². The van der Waals surface area contributed by atoms with Gasteiger partial charge < -0.3 is 19.3 Å². The summed E-state index contributed by atoms with van der Waals surface area (Å²) < 4.78 is 16.2. The Morgan fingerprint density at radius 3 is 1.97 bits per heavy atom. The van der Waals surface area contributed by atoms with Gasteiger partial charge in [-0.2, -0.15) is 0 Å². The van der Waals surface area contributed by atoms with E-state index in [2.05, 4.69) is 0 Å². The van der Waals surface area contributed by atoms with E-state index in [1.165, 1.54) is 24.3 Å². The molecule has 1 N–H and O–H groups in total. The van der Waals surface area contributed by atoms with Gasteiger partial charge in [0.05, 0.1) is 25.3 Å². The van der Waals surface area contributed by atoms with E-state index in [0.717, 1.165) is 16.9 Å². The van der Waals surface area contributed by atoms with Crippen LogP contribution < -0.4 is 9.47 Å². The molecule has 154 valence electrons. The number of rotatable bonds is 8. The number of ether oxygens (including phenoxy) is 3. The third kappa shape index (κ3) is 5.17.